The van der Waals surface area contributed by atoms with Crippen LogP contribution in [0.2, 0.25) is 0 Å². The van der Waals surface area contributed by atoms with Crippen molar-refractivity contribution in [3.05, 3.63) is 27.8 Å². The predicted octanol–water partition coefficient (Wildman–Crippen LogP) is 3.37. The smallest absolute Gasteiger partial charge is 0.412 e. The molecule has 1 aliphatic heterocycles. The average molecular weight is 364 g/mol. The van der Waals surface area contributed by atoms with Gasteiger partial charge in [0.15, 0.2) is 0 Å². The van der Waals surface area contributed by atoms with Crippen molar-refractivity contribution < 1.29 is 14.5 Å². The first-order valence-corrected chi connectivity index (χ1v) is 8.92. The fraction of sp³-hybridized carbons (Fsp3) is 0.500. The van der Waals surface area contributed by atoms with Crippen LogP contribution in [0.1, 0.15) is 26.3 Å². The number of anilines is 2. The molecule has 0 atom stereocenters. The summed E-state index contributed by atoms with van der Waals surface area (Å²) in [6, 6.07) is 4.69. The Kier molecular flexibility index (Phi) is 5.74. The van der Waals surface area contributed by atoms with Crippen molar-refractivity contribution in [3.8, 4) is 6.07 Å². The maximum atomic E-state index is 12.0. The first-order valence-electron chi connectivity index (χ1n) is 7.76. The highest BCUT2D eigenvalue weighted by Crippen LogP contribution is 2.34. The zero-order valence-electron chi connectivity index (χ0n) is 14.4. The molecule has 1 saturated heterocycles. The number of nitrogens with zero attached hydrogens (tertiary/aromatic N) is 3. The molecule has 9 heteroatoms. The summed E-state index contributed by atoms with van der Waals surface area (Å²) in [5.74, 6) is 1.83. The molecule has 0 aliphatic carbocycles. The van der Waals surface area contributed by atoms with Gasteiger partial charge >= 0.3 is 6.09 Å². The van der Waals surface area contributed by atoms with E-state index in [4.69, 9.17) is 4.74 Å². The number of nitro groups is 1. The Balaban J connectivity index is 2.40. The minimum Gasteiger partial charge on any atom is -0.444 e. The summed E-state index contributed by atoms with van der Waals surface area (Å²) in [6.07, 6.45) is -0.777. The van der Waals surface area contributed by atoms with Gasteiger partial charge in [0, 0.05) is 30.7 Å². The predicted molar refractivity (Wildman–Crippen MR) is 97.2 cm³/mol. The van der Waals surface area contributed by atoms with Crippen molar-refractivity contribution in [1.29, 1.82) is 5.26 Å². The fourth-order valence-electron chi connectivity index (χ4n) is 2.40. The number of rotatable bonds is 3. The summed E-state index contributed by atoms with van der Waals surface area (Å²) >= 11 is 1.81. The van der Waals surface area contributed by atoms with Crippen LogP contribution in [0.5, 0.6) is 0 Å². The van der Waals surface area contributed by atoms with Gasteiger partial charge in [-0.2, -0.15) is 17.0 Å². The van der Waals surface area contributed by atoms with E-state index in [-0.39, 0.29) is 16.9 Å². The van der Waals surface area contributed by atoms with E-state index in [1.54, 1.807) is 20.8 Å². The third-order valence-electron chi connectivity index (χ3n) is 3.42. The SMILES string of the molecule is CC(C)(C)OC(=O)Nc1cc(N2CCSCC2)c(C#N)cc1[N+](=O)[O-]. The van der Waals surface area contributed by atoms with Crippen LogP contribution in [0.15, 0.2) is 12.1 Å². The van der Waals surface area contributed by atoms with E-state index >= 15 is 0 Å². The molecule has 8 nitrogen and oxygen atoms in total. The van der Waals surface area contributed by atoms with Crippen LogP contribution in [-0.2, 0) is 4.74 Å². The second-order valence-corrected chi connectivity index (χ2v) is 7.71. The molecule has 134 valence electrons. The van der Waals surface area contributed by atoms with Crippen LogP contribution >= 0.6 is 11.8 Å². The van der Waals surface area contributed by atoms with Gasteiger partial charge in [-0.1, -0.05) is 0 Å². The van der Waals surface area contributed by atoms with Gasteiger partial charge in [0.05, 0.1) is 16.2 Å². The number of nitro benzene ring substituents is 1. The van der Waals surface area contributed by atoms with E-state index < -0.39 is 16.6 Å². The molecule has 0 saturated carbocycles. The largest absolute Gasteiger partial charge is 0.444 e. The van der Waals surface area contributed by atoms with Crippen LogP contribution in [0.25, 0.3) is 0 Å². The lowest BCUT2D eigenvalue weighted by atomic mass is 10.1. The molecule has 0 unspecified atom stereocenters. The topological polar surface area (TPSA) is 108 Å². The minimum atomic E-state index is -0.777. The van der Waals surface area contributed by atoms with E-state index in [0.717, 1.165) is 24.6 Å². The Morgan fingerprint density at radius 3 is 2.56 bits per heavy atom. The molecule has 1 amide bonds. The molecule has 1 heterocycles. The normalized spacial score (nSPS) is 14.6. The zero-order chi connectivity index (χ0) is 18.6. The molecular formula is C16H20N4O4S. The lowest BCUT2D eigenvalue weighted by molar-refractivity contribution is -0.383. The number of carbonyl (C=O) groups excluding carboxylic acids is 1. The van der Waals surface area contributed by atoms with Gasteiger partial charge < -0.3 is 9.64 Å². The fourth-order valence-corrected chi connectivity index (χ4v) is 3.30. The van der Waals surface area contributed by atoms with Crippen LogP contribution < -0.4 is 10.2 Å². The van der Waals surface area contributed by atoms with Gasteiger partial charge in [-0.15, -0.1) is 0 Å². The number of carbonyl (C=O) groups is 1. The lowest BCUT2D eigenvalue weighted by Gasteiger charge is -2.29. The molecule has 2 rings (SSSR count). The second-order valence-electron chi connectivity index (χ2n) is 6.48. The summed E-state index contributed by atoms with van der Waals surface area (Å²) in [6.45, 7) is 6.59. The monoisotopic (exact) mass is 364 g/mol. The van der Waals surface area contributed by atoms with E-state index in [1.165, 1.54) is 12.1 Å². The summed E-state index contributed by atoms with van der Waals surface area (Å²) < 4.78 is 5.16. The zero-order valence-corrected chi connectivity index (χ0v) is 15.2. The molecule has 0 spiro atoms. The first-order chi connectivity index (χ1) is 11.7. The molecule has 0 radical (unpaired) electrons. The Labute approximate surface area is 150 Å². The lowest BCUT2D eigenvalue weighted by Crippen LogP contribution is -2.33. The number of hydrogen-bond donors (Lipinski definition) is 1. The number of nitrogens with one attached hydrogen (secondary N) is 1. The number of thioether (sulfide) groups is 1. The Morgan fingerprint density at radius 1 is 1.40 bits per heavy atom. The van der Waals surface area contributed by atoms with Crippen molar-refractivity contribution in [2.45, 2.75) is 26.4 Å². The second kappa shape index (κ2) is 7.61. The Bertz CT molecular complexity index is 718. The number of hydrogen-bond acceptors (Lipinski definition) is 7. The van der Waals surface area contributed by atoms with Gasteiger partial charge in [-0.3, -0.25) is 15.4 Å². The maximum absolute atomic E-state index is 12.0. The van der Waals surface area contributed by atoms with Crippen LogP contribution in [0, 0.1) is 21.4 Å². The first kappa shape index (κ1) is 18.9. The van der Waals surface area contributed by atoms with Gasteiger partial charge in [-0.05, 0) is 26.8 Å². The van der Waals surface area contributed by atoms with E-state index in [2.05, 4.69) is 5.32 Å². The van der Waals surface area contributed by atoms with Crippen LogP contribution in [0.4, 0.5) is 21.9 Å². The van der Waals surface area contributed by atoms with Gasteiger partial charge in [0.1, 0.15) is 17.4 Å². The number of benzene rings is 1. The molecule has 1 aromatic carbocycles. The van der Waals surface area contributed by atoms with Gasteiger partial charge in [-0.25, -0.2) is 4.79 Å². The number of amides is 1. The van der Waals surface area contributed by atoms with E-state index in [0.29, 0.717) is 5.69 Å². The summed E-state index contributed by atoms with van der Waals surface area (Å²) in [7, 11) is 0. The highest BCUT2D eigenvalue weighted by Gasteiger charge is 2.25. The van der Waals surface area contributed by atoms with E-state index in [1.807, 2.05) is 22.7 Å². The van der Waals surface area contributed by atoms with Gasteiger partial charge in [0.2, 0.25) is 0 Å². The van der Waals surface area contributed by atoms with Crippen LogP contribution in [-0.4, -0.2) is 41.2 Å². The third-order valence-corrected chi connectivity index (χ3v) is 4.36. The summed E-state index contributed by atoms with van der Waals surface area (Å²) in [4.78, 5) is 24.7. The highest BCUT2D eigenvalue weighted by molar-refractivity contribution is 7.99. The van der Waals surface area contributed by atoms with Crippen LogP contribution in [0.3, 0.4) is 0 Å². The Hall–Kier alpha value is -2.47. The van der Waals surface area contributed by atoms with Crippen molar-refractivity contribution >= 4 is 34.9 Å². The molecule has 1 aromatic rings. The molecule has 1 N–H and O–H groups in total. The maximum Gasteiger partial charge on any atom is 0.412 e. The molecule has 1 aliphatic rings. The van der Waals surface area contributed by atoms with Crippen molar-refractivity contribution in [3.63, 3.8) is 0 Å². The van der Waals surface area contributed by atoms with E-state index in [9.17, 15) is 20.2 Å². The number of ether oxygens (including phenoxy) is 1. The summed E-state index contributed by atoms with van der Waals surface area (Å²) in [5, 5.41) is 23.1. The molecule has 0 aromatic heterocycles. The standard InChI is InChI=1S/C16H20N4O4S/c1-16(2,3)24-15(21)18-12-9-13(19-4-6-25-7-5-19)11(10-17)8-14(12)20(22)23/h8-9H,4-7H2,1-3H3,(H,18,21). The third kappa shape index (κ3) is 5.00. The molecule has 25 heavy (non-hydrogen) atoms. The molecular weight excluding hydrogens is 344 g/mol. The quantitative estimate of drug-likeness (QED) is 0.647. The Morgan fingerprint density at radius 2 is 2.04 bits per heavy atom. The van der Waals surface area contributed by atoms with Gasteiger partial charge in [0.25, 0.3) is 5.69 Å². The van der Waals surface area contributed by atoms with Crippen molar-refractivity contribution in [2.75, 3.05) is 34.8 Å². The highest BCUT2D eigenvalue weighted by atomic mass is 32.2. The number of nitriles is 1. The average Bonchev–Trinajstić information content (AvgIpc) is 2.53. The van der Waals surface area contributed by atoms with Crippen molar-refractivity contribution in [2.24, 2.45) is 0 Å². The molecule has 0 bridgehead atoms. The van der Waals surface area contributed by atoms with Crippen molar-refractivity contribution in [1.82, 2.24) is 0 Å². The summed E-state index contributed by atoms with van der Waals surface area (Å²) in [5.41, 5.74) is -0.241. The molecule has 1 fully saturated rings. The minimum absolute atomic E-state index is 0.0199.